The normalized spacial score (nSPS) is 10.5. The Bertz CT molecular complexity index is 567. The van der Waals surface area contributed by atoms with Crippen LogP contribution in [0.4, 0.5) is 5.69 Å². The van der Waals surface area contributed by atoms with Crippen molar-refractivity contribution in [2.24, 2.45) is 0 Å². The number of carbonyl (C=O) groups excluding carboxylic acids is 1. The molecule has 4 heteroatoms. The average molecular weight is 303 g/mol. The maximum absolute atomic E-state index is 11.7. The van der Waals surface area contributed by atoms with Crippen molar-refractivity contribution in [2.45, 2.75) is 0 Å². The quantitative estimate of drug-likeness (QED) is 0.882. The van der Waals surface area contributed by atoms with Crippen molar-refractivity contribution in [2.75, 3.05) is 5.32 Å². The SMILES string of the molecule is O=C(/C=C/c1ccccc1Br)Nc1ccncc1. The number of benzene rings is 1. The molecule has 0 aliphatic carbocycles. The van der Waals surface area contributed by atoms with E-state index in [1.807, 2.05) is 24.3 Å². The van der Waals surface area contributed by atoms with Crippen LogP contribution in [0.5, 0.6) is 0 Å². The maximum Gasteiger partial charge on any atom is 0.248 e. The first-order valence-electron chi connectivity index (χ1n) is 5.39. The van der Waals surface area contributed by atoms with Gasteiger partial charge in [0.1, 0.15) is 0 Å². The number of nitrogens with zero attached hydrogens (tertiary/aromatic N) is 1. The zero-order chi connectivity index (χ0) is 12.8. The van der Waals surface area contributed by atoms with Crippen LogP contribution in [0.1, 0.15) is 5.56 Å². The van der Waals surface area contributed by atoms with E-state index in [-0.39, 0.29) is 5.91 Å². The zero-order valence-corrected chi connectivity index (χ0v) is 11.1. The molecule has 0 saturated carbocycles. The van der Waals surface area contributed by atoms with Gasteiger partial charge in [0.2, 0.25) is 5.91 Å². The molecule has 1 heterocycles. The van der Waals surface area contributed by atoms with Gasteiger partial charge < -0.3 is 5.32 Å². The third kappa shape index (κ3) is 3.53. The minimum atomic E-state index is -0.169. The Morgan fingerprint density at radius 3 is 2.61 bits per heavy atom. The highest BCUT2D eigenvalue weighted by Crippen LogP contribution is 2.17. The van der Waals surface area contributed by atoms with Gasteiger partial charge in [-0.2, -0.15) is 0 Å². The molecule has 18 heavy (non-hydrogen) atoms. The van der Waals surface area contributed by atoms with Crippen molar-refractivity contribution >= 4 is 33.6 Å². The summed E-state index contributed by atoms with van der Waals surface area (Å²) in [4.78, 5) is 15.5. The first kappa shape index (κ1) is 12.5. The number of hydrogen-bond acceptors (Lipinski definition) is 2. The molecule has 1 aromatic heterocycles. The Kier molecular flexibility index (Phi) is 4.25. The summed E-state index contributed by atoms with van der Waals surface area (Å²) in [6, 6.07) is 11.2. The smallest absolute Gasteiger partial charge is 0.248 e. The zero-order valence-electron chi connectivity index (χ0n) is 9.51. The molecular formula is C14H11BrN2O. The fourth-order valence-corrected chi connectivity index (χ4v) is 1.81. The van der Waals surface area contributed by atoms with Crippen molar-refractivity contribution in [3.63, 3.8) is 0 Å². The van der Waals surface area contributed by atoms with Crippen LogP contribution in [0, 0.1) is 0 Å². The molecule has 2 rings (SSSR count). The van der Waals surface area contributed by atoms with Crippen LogP contribution in [0.25, 0.3) is 6.08 Å². The molecule has 2 aromatic rings. The number of nitrogens with one attached hydrogen (secondary N) is 1. The largest absolute Gasteiger partial charge is 0.322 e. The summed E-state index contributed by atoms with van der Waals surface area (Å²) in [6.45, 7) is 0. The molecule has 0 bridgehead atoms. The van der Waals surface area contributed by atoms with Crippen LogP contribution in [0.15, 0.2) is 59.3 Å². The standard InChI is InChI=1S/C14H11BrN2O/c15-13-4-2-1-3-11(13)5-6-14(18)17-12-7-9-16-10-8-12/h1-10H,(H,16,17,18)/b6-5+. The molecule has 1 N–H and O–H groups in total. The van der Waals surface area contributed by atoms with Crippen LogP contribution in [-0.2, 0) is 4.79 Å². The van der Waals surface area contributed by atoms with Crippen LogP contribution in [0.3, 0.4) is 0 Å². The van der Waals surface area contributed by atoms with Crippen molar-refractivity contribution < 1.29 is 4.79 Å². The van der Waals surface area contributed by atoms with Crippen molar-refractivity contribution in [3.05, 3.63) is 64.9 Å². The summed E-state index contributed by atoms with van der Waals surface area (Å²) in [5, 5.41) is 2.75. The molecule has 0 radical (unpaired) electrons. The van der Waals surface area contributed by atoms with E-state index in [4.69, 9.17) is 0 Å². The molecule has 1 aromatic carbocycles. The van der Waals surface area contributed by atoms with Gasteiger partial charge in [-0.25, -0.2) is 0 Å². The minimum Gasteiger partial charge on any atom is -0.322 e. The fraction of sp³-hybridized carbons (Fsp3) is 0. The van der Waals surface area contributed by atoms with E-state index in [9.17, 15) is 4.79 Å². The van der Waals surface area contributed by atoms with Crippen molar-refractivity contribution in [1.29, 1.82) is 0 Å². The van der Waals surface area contributed by atoms with Gasteiger partial charge in [-0.05, 0) is 29.8 Å². The third-order valence-corrected chi connectivity index (χ3v) is 2.99. The van der Waals surface area contributed by atoms with Gasteiger partial charge in [-0.1, -0.05) is 34.1 Å². The molecule has 3 nitrogen and oxygen atoms in total. The number of anilines is 1. The highest BCUT2D eigenvalue weighted by molar-refractivity contribution is 9.10. The minimum absolute atomic E-state index is 0.169. The van der Waals surface area contributed by atoms with Gasteiger partial charge in [0.15, 0.2) is 0 Å². The van der Waals surface area contributed by atoms with Gasteiger partial charge in [-0.3, -0.25) is 9.78 Å². The Morgan fingerprint density at radius 2 is 1.89 bits per heavy atom. The lowest BCUT2D eigenvalue weighted by Gasteiger charge is -2.00. The fourth-order valence-electron chi connectivity index (χ4n) is 1.39. The lowest BCUT2D eigenvalue weighted by atomic mass is 10.2. The Morgan fingerprint density at radius 1 is 1.17 bits per heavy atom. The molecule has 0 saturated heterocycles. The molecule has 90 valence electrons. The molecule has 0 fully saturated rings. The molecule has 0 unspecified atom stereocenters. The molecule has 0 aliphatic rings. The molecule has 1 amide bonds. The van der Waals surface area contributed by atoms with Gasteiger partial charge in [0.05, 0.1) is 0 Å². The van der Waals surface area contributed by atoms with E-state index >= 15 is 0 Å². The van der Waals surface area contributed by atoms with E-state index in [1.165, 1.54) is 6.08 Å². The van der Waals surface area contributed by atoms with E-state index < -0.39 is 0 Å². The highest BCUT2D eigenvalue weighted by atomic mass is 79.9. The number of pyridine rings is 1. The Labute approximate surface area is 114 Å². The van der Waals surface area contributed by atoms with E-state index in [1.54, 1.807) is 30.6 Å². The summed E-state index contributed by atoms with van der Waals surface area (Å²) < 4.78 is 0.956. The average Bonchev–Trinajstić information content (AvgIpc) is 2.39. The van der Waals surface area contributed by atoms with E-state index in [0.717, 1.165) is 15.7 Å². The number of hydrogen-bond donors (Lipinski definition) is 1. The number of rotatable bonds is 3. The van der Waals surface area contributed by atoms with Crippen LogP contribution in [0.2, 0.25) is 0 Å². The number of halogens is 1. The number of amides is 1. The highest BCUT2D eigenvalue weighted by Gasteiger charge is 1.98. The first-order chi connectivity index (χ1) is 8.75. The van der Waals surface area contributed by atoms with Gasteiger partial charge in [-0.15, -0.1) is 0 Å². The van der Waals surface area contributed by atoms with E-state index in [0.29, 0.717) is 0 Å². The Hall–Kier alpha value is -1.94. The lowest BCUT2D eigenvalue weighted by molar-refractivity contribution is -0.111. The first-order valence-corrected chi connectivity index (χ1v) is 6.18. The second-order valence-electron chi connectivity index (χ2n) is 3.58. The predicted molar refractivity (Wildman–Crippen MR) is 76.0 cm³/mol. The summed E-state index contributed by atoms with van der Waals surface area (Å²) in [7, 11) is 0. The maximum atomic E-state index is 11.7. The van der Waals surface area contributed by atoms with Crippen LogP contribution >= 0.6 is 15.9 Å². The summed E-state index contributed by atoms with van der Waals surface area (Å²) >= 11 is 3.42. The van der Waals surface area contributed by atoms with Gasteiger partial charge >= 0.3 is 0 Å². The second kappa shape index (κ2) is 6.12. The van der Waals surface area contributed by atoms with Crippen LogP contribution in [-0.4, -0.2) is 10.9 Å². The summed E-state index contributed by atoms with van der Waals surface area (Å²) in [6.07, 6.45) is 6.53. The number of carbonyl (C=O) groups is 1. The molecule has 0 aliphatic heterocycles. The van der Waals surface area contributed by atoms with Crippen LogP contribution < -0.4 is 5.32 Å². The summed E-state index contributed by atoms with van der Waals surface area (Å²) in [5.41, 5.74) is 1.69. The van der Waals surface area contributed by atoms with Gasteiger partial charge in [0, 0.05) is 28.6 Å². The molecule has 0 atom stereocenters. The monoisotopic (exact) mass is 302 g/mol. The summed E-state index contributed by atoms with van der Waals surface area (Å²) in [5.74, 6) is -0.169. The molecule has 0 spiro atoms. The van der Waals surface area contributed by atoms with Gasteiger partial charge in [0.25, 0.3) is 0 Å². The number of aromatic nitrogens is 1. The Balaban J connectivity index is 2.02. The topological polar surface area (TPSA) is 42.0 Å². The lowest BCUT2D eigenvalue weighted by Crippen LogP contribution is -2.07. The van der Waals surface area contributed by atoms with Crippen molar-refractivity contribution in [1.82, 2.24) is 4.98 Å². The second-order valence-corrected chi connectivity index (χ2v) is 4.43. The van der Waals surface area contributed by atoms with Crippen molar-refractivity contribution in [3.8, 4) is 0 Å². The third-order valence-electron chi connectivity index (χ3n) is 2.27. The predicted octanol–water partition coefficient (Wildman–Crippen LogP) is 3.50. The molecular weight excluding hydrogens is 292 g/mol. The van der Waals surface area contributed by atoms with E-state index in [2.05, 4.69) is 26.2 Å².